The molecule has 5 rings (SSSR count). The second-order valence-corrected chi connectivity index (χ2v) is 16.9. The fourth-order valence-electron chi connectivity index (χ4n) is 11.2. The molecule has 224 valence electrons. The van der Waals surface area contributed by atoms with E-state index in [4.69, 9.17) is 7.85 Å². The average Bonchev–Trinajstić information content (AvgIpc) is 2.91. The van der Waals surface area contributed by atoms with E-state index in [-0.39, 0.29) is 44.8 Å². The zero-order valence-electron chi connectivity index (χ0n) is 27.8. The smallest absolute Gasteiger partial charge is 0.159 e. The first-order chi connectivity index (χ1) is 19.1. The molecule has 0 aromatic rings. The van der Waals surface area contributed by atoms with Crippen LogP contribution >= 0.6 is 0 Å². The predicted molar refractivity (Wildman–Crippen MR) is 171 cm³/mol. The Bertz CT molecular complexity index is 1180. The molecule has 0 heterocycles. The standard InChI is InChI=1S/C38H57BO2/c1-10-12-13-14-25-22-37(9)29(35(6,7)32(25)39)16-17-36(8)26-15-18-38(33(41)24(3)11-2)20-19-34(4,5)23-27(38)31(26)28(40)21-30(36)37/h13-14,21,24,26-27,29,31H,10-12,15-20,22-23H2,1-9H3/b14-13-. The van der Waals surface area contributed by atoms with Gasteiger partial charge in [0, 0.05) is 17.3 Å². The van der Waals surface area contributed by atoms with E-state index in [0.717, 1.165) is 76.1 Å². The minimum atomic E-state index is -0.314. The maximum absolute atomic E-state index is 14.6. The Kier molecular flexibility index (Phi) is 7.85. The van der Waals surface area contributed by atoms with E-state index in [0.29, 0.717) is 23.4 Å². The first-order valence-corrected chi connectivity index (χ1v) is 17.1. The van der Waals surface area contributed by atoms with Crippen LogP contribution in [0.2, 0.25) is 0 Å². The van der Waals surface area contributed by atoms with Gasteiger partial charge in [0.1, 0.15) is 13.6 Å². The van der Waals surface area contributed by atoms with Crippen LogP contribution in [0.15, 0.2) is 34.8 Å². The molecule has 0 aromatic heterocycles. The topological polar surface area (TPSA) is 34.1 Å². The molecule has 5 aliphatic carbocycles. The van der Waals surface area contributed by atoms with Crippen LogP contribution in [0, 0.1) is 56.7 Å². The monoisotopic (exact) mass is 556 g/mol. The molecule has 0 aromatic carbocycles. The minimum Gasteiger partial charge on any atom is -0.299 e. The molecule has 0 N–H and O–H groups in total. The van der Waals surface area contributed by atoms with Crippen molar-refractivity contribution in [3.8, 4) is 0 Å². The fourth-order valence-corrected chi connectivity index (χ4v) is 11.2. The van der Waals surface area contributed by atoms with Gasteiger partial charge in [-0.15, -0.1) is 5.47 Å². The predicted octanol–water partition coefficient (Wildman–Crippen LogP) is 9.58. The van der Waals surface area contributed by atoms with Crippen molar-refractivity contribution >= 4 is 19.4 Å². The highest BCUT2D eigenvalue weighted by Crippen LogP contribution is 2.72. The largest absolute Gasteiger partial charge is 0.299 e. The molecule has 8 atom stereocenters. The average molecular weight is 557 g/mol. The maximum atomic E-state index is 14.6. The Labute approximate surface area is 253 Å². The van der Waals surface area contributed by atoms with Crippen molar-refractivity contribution in [3.05, 3.63) is 34.8 Å². The molecule has 0 aliphatic heterocycles. The lowest BCUT2D eigenvalue weighted by molar-refractivity contribution is -0.162. The SMILES string of the molecule is [B]C1=C(/C=C\CCC)CC2(C)C3=CC(=O)C4C(CCC5(C(=O)C(C)CC)CCC(C)(C)CC45)C3(C)CCC2C1(C)C. The summed E-state index contributed by atoms with van der Waals surface area (Å²) in [6, 6.07) is 0. The van der Waals surface area contributed by atoms with Crippen molar-refractivity contribution in [1.29, 1.82) is 0 Å². The molecule has 5 aliphatic rings. The van der Waals surface area contributed by atoms with Crippen molar-refractivity contribution in [2.45, 2.75) is 133 Å². The van der Waals surface area contributed by atoms with Gasteiger partial charge in [-0.05, 0) is 110 Å². The Hall–Kier alpha value is -1.38. The van der Waals surface area contributed by atoms with Gasteiger partial charge in [0.05, 0.1) is 0 Å². The maximum Gasteiger partial charge on any atom is 0.159 e. The van der Waals surface area contributed by atoms with E-state index in [1.807, 2.05) is 0 Å². The lowest BCUT2D eigenvalue weighted by Gasteiger charge is -2.66. The summed E-state index contributed by atoms with van der Waals surface area (Å²) in [5.41, 5.74) is 3.40. The summed E-state index contributed by atoms with van der Waals surface area (Å²) in [6.07, 6.45) is 18.0. The quantitative estimate of drug-likeness (QED) is 0.305. The van der Waals surface area contributed by atoms with E-state index in [1.54, 1.807) is 0 Å². The van der Waals surface area contributed by atoms with Crippen molar-refractivity contribution in [2.24, 2.45) is 56.7 Å². The van der Waals surface area contributed by atoms with Crippen molar-refractivity contribution < 1.29 is 9.59 Å². The number of rotatable bonds is 6. The van der Waals surface area contributed by atoms with Crippen LogP contribution in [0.25, 0.3) is 0 Å². The Morgan fingerprint density at radius 2 is 1.71 bits per heavy atom. The van der Waals surface area contributed by atoms with E-state index in [1.165, 1.54) is 11.1 Å². The van der Waals surface area contributed by atoms with E-state index in [9.17, 15) is 9.59 Å². The number of Topliss-reactive ketones (excluding diaryl/α,β-unsaturated/α-hetero) is 1. The summed E-state index contributed by atoms with van der Waals surface area (Å²) in [6.45, 7) is 20.9. The van der Waals surface area contributed by atoms with Crippen molar-refractivity contribution in [1.82, 2.24) is 0 Å². The first-order valence-electron chi connectivity index (χ1n) is 17.1. The normalized spacial score (nSPS) is 42.1. The van der Waals surface area contributed by atoms with Crippen LogP contribution in [0.4, 0.5) is 0 Å². The van der Waals surface area contributed by atoms with Crippen LogP contribution < -0.4 is 0 Å². The lowest BCUT2D eigenvalue weighted by atomic mass is 9.36. The van der Waals surface area contributed by atoms with Gasteiger partial charge in [0.2, 0.25) is 0 Å². The highest BCUT2D eigenvalue weighted by Gasteiger charge is 2.66. The molecule has 3 fully saturated rings. The Morgan fingerprint density at radius 1 is 1.00 bits per heavy atom. The third-order valence-electron chi connectivity index (χ3n) is 13.7. The van der Waals surface area contributed by atoms with Crippen LogP contribution in [0.3, 0.4) is 0 Å². The van der Waals surface area contributed by atoms with Crippen LogP contribution in [0.5, 0.6) is 0 Å². The van der Waals surface area contributed by atoms with Gasteiger partial charge in [0.25, 0.3) is 0 Å². The summed E-state index contributed by atoms with van der Waals surface area (Å²) in [5.74, 6) is 1.76. The van der Waals surface area contributed by atoms with E-state index in [2.05, 4.69) is 80.5 Å². The number of hydrogen-bond donors (Lipinski definition) is 0. The van der Waals surface area contributed by atoms with Crippen LogP contribution in [-0.4, -0.2) is 19.4 Å². The molecule has 41 heavy (non-hydrogen) atoms. The Morgan fingerprint density at radius 3 is 2.37 bits per heavy atom. The molecule has 0 spiro atoms. The summed E-state index contributed by atoms with van der Waals surface area (Å²) >= 11 is 0. The molecular formula is C38H57BO2. The van der Waals surface area contributed by atoms with Gasteiger partial charge >= 0.3 is 0 Å². The number of ketones is 2. The van der Waals surface area contributed by atoms with Crippen LogP contribution in [0.1, 0.15) is 133 Å². The van der Waals surface area contributed by atoms with E-state index < -0.39 is 0 Å². The minimum absolute atomic E-state index is 0.00256. The molecule has 8 unspecified atom stereocenters. The van der Waals surface area contributed by atoms with Gasteiger partial charge in [-0.25, -0.2) is 0 Å². The zero-order chi connectivity index (χ0) is 30.2. The van der Waals surface area contributed by atoms with Gasteiger partial charge in [0.15, 0.2) is 5.78 Å². The van der Waals surface area contributed by atoms with Crippen molar-refractivity contribution in [3.63, 3.8) is 0 Å². The molecule has 0 amide bonds. The molecule has 3 heteroatoms. The number of fused-ring (bicyclic) bond motifs is 7. The second kappa shape index (κ2) is 10.4. The zero-order valence-corrected chi connectivity index (χ0v) is 27.8. The summed E-state index contributed by atoms with van der Waals surface area (Å²) < 4.78 is 0. The fraction of sp³-hybridized carbons (Fsp3) is 0.789. The summed E-state index contributed by atoms with van der Waals surface area (Å²) in [5, 5.41) is 0. The highest BCUT2D eigenvalue weighted by molar-refractivity contribution is 6.23. The molecule has 2 nitrogen and oxygen atoms in total. The molecular weight excluding hydrogens is 499 g/mol. The third kappa shape index (κ3) is 4.56. The molecule has 0 saturated heterocycles. The Balaban J connectivity index is 1.60. The van der Waals surface area contributed by atoms with Crippen LogP contribution in [-0.2, 0) is 9.59 Å². The number of carbonyl (C=O) groups excluding carboxylic acids is 2. The first kappa shape index (κ1) is 31.1. The second-order valence-electron chi connectivity index (χ2n) is 16.9. The summed E-state index contributed by atoms with van der Waals surface area (Å²) in [7, 11) is 6.93. The lowest BCUT2D eigenvalue weighted by Crippen LogP contribution is -2.62. The number of allylic oxidation sites excluding steroid dienone is 6. The van der Waals surface area contributed by atoms with Crippen molar-refractivity contribution in [2.75, 3.05) is 0 Å². The number of hydrogen-bond acceptors (Lipinski definition) is 2. The highest BCUT2D eigenvalue weighted by atomic mass is 16.1. The molecule has 3 saturated carbocycles. The van der Waals surface area contributed by atoms with Gasteiger partial charge < -0.3 is 0 Å². The van der Waals surface area contributed by atoms with Gasteiger partial charge in [-0.2, -0.15) is 0 Å². The number of carbonyl (C=O) groups is 2. The third-order valence-corrected chi connectivity index (χ3v) is 13.7. The molecule has 2 radical (unpaired) electrons. The van der Waals surface area contributed by atoms with Gasteiger partial charge in [-0.1, -0.05) is 92.0 Å². The van der Waals surface area contributed by atoms with Gasteiger partial charge in [-0.3, -0.25) is 9.59 Å². The van der Waals surface area contributed by atoms with E-state index >= 15 is 0 Å². The molecule has 0 bridgehead atoms. The summed E-state index contributed by atoms with van der Waals surface area (Å²) in [4.78, 5) is 28.8. The number of unbranched alkanes of at least 4 members (excludes halogenated alkanes) is 1.